The van der Waals surface area contributed by atoms with Gasteiger partial charge in [-0.05, 0) is 81.8 Å². The standard InChI is InChI=1S/C29H31N5O5S2/c1-4-38-28(37)24-20-11-5-6-13-22(20)41-27(24)31-25(35)18(3)40-29-33-32-23(16-30-26(36)21-12-8-14-39-21)34(29)19-10-7-9-17(2)15-19/h7-10,12,14-15,18H,4-6,11,13,16H2,1-3H3,(H,30,36)(H,31,35)/t18-/m1/s1. The van der Waals surface area contributed by atoms with Crippen LogP contribution in [0.15, 0.2) is 52.2 Å². The molecule has 3 aromatic heterocycles. The number of fused-ring (bicyclic) bond motifs is 1. The molecule has 1 aromatic carbocycles. The smallest absolute Gasteiger partial charge is 0.341 e. The zero-order valence-electron chi connectivity index (χ0n) is 23.1. The monoisotopic (exact) mass is 593 g/mol. The number of thiophene rings is 1. The van der Waals surface area contributed by atoms with Crippen LogP contribution >= 0.6 is 23.1 Å². The van der Waals surface area contributed by atoms with E-state index in [0.29, 0.717) is 21.5 Å². The highest BCUT2D eigenvalue weighted by Gasteiger charge is 2.29. The van der Waals surface area contributed by atoms with E-state index in [2.05, 4.69) is 20.8 Å². The van der Waals surface area contributed by atoms with E-state index in [1.54, 1.807) is 26.0 Å². The molecule has 12 heteroatoms. The predicted molar refractivity (Wildman–Crippen MR) is 157 cm³/mol. The number of hydrogen-bond donors (Lipinski definition) is 2. The molecule has 0 aliphatic heterocycles. The molecule has 2 N–H and O–H groups in total. The number of ether oxygens (including phenoxy) is 1. The molecule has 41 heavy (non-hydrogen) atoms. The van der Waals surface area contributed by atoms with Crippen molar-refractivity contribution in [3.05, 3.63) is 75.8 Å². The Balaban J connectivity index is 1.37. The fraction of sp³-hybridized carbons (Fsp3) is 0.345. The zero-order valence-corrected chi connectivity index (χ0v) is 24.7. The average molecular weight is 594 g/mol. The summed E-state index contributed by atoms with van der Waals surface area (Å²) < 4.78 is 12.3. The van der Waals surface area contributed by atoms with Gasteiger partial charge in [0.1, 0.15) is 5.00 Å². The molecule has 0 fully saturated rings. The summed E-state index contributed by atoms with van der Waals surface area (Å²) in [7, 11) is 0. The van der Waals surface area contributed by atoms with Crippen LogP contribution in [-0.4, -0.2) is 44.4 Å². The molecule has 2 amide bonds. The van der Waals surface area contributed by atoms with E-state index in [4.69, 9.17) is 9.15 Å². The summed E-state index contributed by atoms with van der Waals surface area (Å²) in [5, 5.41) is 15.0. The highest BCUT2D eigenvalue weighted by Crippen LogP contribution is 2.39. The average Bonchev–Trinajstić information content (AvgIpc) is 3.70. The summed E-state index contributed by atoms with van der Waals surface area (Å²) in [6.45, 7) is 5.91. The molecule has 0 unspecified atom stereocenters. The van der Waals surface area contributed by atoms with E-state index in [9.17, 15) is 14.4 Å². The maximum Gasteiger partial charge on any atom is 0.341 e. The molecule has 0 saturated carbocycles. The molecular weight excluding hydrogens is 562 g/mol. The summed E-state index contributed by atoms with van der Waals surface area (Å²) in [4.78, 5) is 39.8. The Bertz CT molecular complexity index is 1560. The number of furan rings is 1. The van der Waals surface area contributed by atoms with Gasteiger partial charge >= 0.3 is 5.97 Å². The number of esters is 1. The predicted octanol–water partition coefficient (Wildman–Crippen LogP) is 5.34. The minimum absolute atomic E-state index is 0.102. The van der Waals surface area contributed by atoms with Crippen LogP contribution in [0.5, 0.6) is 0 Å². The first-order valence-electron chi connectivity index (χ1n) is 13.5. The number of rotatable bonds is 10. The maximum absolute atomic E-state index is 13.4. The summed E-state index contributed by atoms with van der Waals surface area (Å²) in [6, 6.07) is 11.0. The highest BCUT2D eigenvalue weighted by molar-refractivity contribution is 8.00. The van der Waals surface area contributed by atoms with Crippen molar-refractivity contribution < 1.29 is 23.5 Å². The first kappa shape index (κ1) is 28.6. The van der Waals surface area contributed by atoms with Gasteiger partial charge in [0.05, 0.1) is 30.2 Å². The SMILES string of the molecule is CCOC(=O)c1c(NC(=O)[C@@H](C)Sc2nnc(CNC(=O)c3ccco3)n2-c2cccc(C)c2)sc2c1CCCC2. The number of aromatic nitrogens is 3. The van der Waals surface area contributed by atoms with Gasteiger partial charge in [0.2, 0.25) is 5.91 Å². The Morgan fingerprint density at radius 2 is 2.00 bits per heavy atom. The summed E-state index contributed by atoms with van der Waals surface area (Å²) in [6.07, 6.45) is 5.21. The topological polar surface area (TPSA) is 128 Å². The van der Waals surface area contributed by atoms with E-state index < -0.39 is 11.2 Å². The third-order valence-electron chi connectivity index (χ3n) is 6.65. The first-order valence-corrected chi connectivity index (χ1v) is 15.2. The molecule has 4 aromatic rings. The molecule has 1 atom stereocenters. The molecule has 214 valence electrons. The second-order valence-corrected chi connectivity index (χ2v) is 12.0. The third kappa shape index (κ3) is 6.38. The van der Waals surface area contributed by atoms with E-state index in [-0.39, 0.29) is 30.7 Å². The van der Waals surface area contributed by atoms with Gasteiger partial charge in [0.15, 0.2) is 16.7 Å². The van der Waals surface area contributed by atoms with Crippen molar-refractivity contribution >= 4 is 45.9 Å². The Kier molecular flexibility index (Phi) is 8.89. The van der Waals surface area contributed by atoms with Crippen molar-refractivity contribution in [3.8, 4) is 5.69 Å². The molecule has 10 nitrogen and oxygen atoms in total. The number of nitrogens with zero attached hydrogens (tertiary/aromatic N) is 3. The van der Waals surface area contributed by atoms with E-state index in [1.807, 2.05) is 35.8 Å². The molecule has 0 saturated heterocycles. The van der Waals surface area contributed by atoms with Crippen LogP contribution in [0.2, 0.25) is 0 Å². The number of carbonyl (C=O) groups excluding carboxylic acids is 3. The molecule has 5 rings (SSSR count). The van der Waals surface area contributed by atoms with Crippen molar-refractivity contribution in [2.75, 3.05) is 11.9 Å². The molecule has 0 bridgehead atoms. The van der Waals surface area contributed by atoms with Crippen molar-refractivity contribution in [1.29, 1.82) is 0 Å². The van der Waals surface area contributed by atoms with Crippen LogP contribution in [-0.2, 0) is 28.9 Å². The van der Waals surface area contributed by atoms with Crippen LogP contribution < -0.4 is 10.6 Å². The lowest BCUT2D eigenvalue weighted by Gasteiger charge is -2.15. The molecule has 3 heterocycles. The van der Waals surface area contributed by atoms with Crippen molar-refractivity contribution in [2.45, 2.75) is 63.4 Å². The largest absolute Gasteiger partial charge is 0.462 e. The summed E-state index contributed by atoms with van der Waals surface area (Å²) in [5.74, 6) is -0.328. The van der Waals surface area contributed by atoms with Gasteiger partial charge in [-0.25, -0.2) is 4.79 Å². The second-order valence-electron chi connectivity index (χ2n) is 9.62. The zero-order chi connectivity index (χ0) is 28.9. The Labute approximate surface area is 245 Å². The summed E-state index contributed by atoms with van der Waals surface area (Å²) >= 11 is 2.70. The Morgan fingerprint density at radius 3 is 2.76 bits per heavy atom. The van der Waals surface area contributed by atoms with Crippen LogP contribution in [0, 0.1) is 6.92 Å². The molecule has 1 aliphatic carbocycles. The fourth-order valence-corrected chi connectivity index (χ4v) is 6.84. The van der Waals surface area contributed by atoms with Gasteiger partial charge in [0, 0.05) is 10.6 Å². The van der Waals surface area contributed by atoms with Crippen molar-refractivity contribution in [2.24, 2.45) is 0 Å². The number of thioether (sulfide) groups is 1. The quantitative estimate of drug-likeness (QED) is 0.186. The van der Waals surface area contributed by atoms with Gasteiger partial charge in [-0.3, -0.25) is 14.2 Å². The lowest BCUT2D eigenvalue weighted by Crippen LogP contribution is -2.25. The Hall–Kier alpha value is -3.90. The van der Waals surface area contributed by atoms with Crippen LogP contribution in [0.1, 0.15) is 69.4 Å². The lowest BCUT2D eigenvalue weighted by molar-refractivity contribution is -0.115. The third-order valence-corrected chi connectivity index (χ3v) is 8.90. The van der Waals surface area contributed by atoms with E-state index in [1.165, 1.54) is 29.4 Å². The number of benzene rings is 1. The van der Waals surface area contributed by atoms with Gasteiger partial charge in [0.25, 0.3) is 5.91 Å². The van der Waals surface area contributed by atoms with Gasteiger partial charge in [-0.1, -0.05) is 23.9 Å². The van der Waals surface area contributed by atoms with Crippen LogP contribution in [0.3, 0.4) is 0 Å². The molecule has 0 radical (unpaired) electrons. The number of nitrogens with one attached hydrogen (secondary N) is 2. The van der Waals surface area contributed by atoms with Gasteiger partial charge in [-0.15, -0.1) is 21.5 Å². The number of aryl methyl sites for hydroxylation is 2. The maximum atomic E-state index is 13.4. The molecular formula is C29H31N5O5S2. The minimum Gasteiger partial charge on any atom is -0.462 e. The summed E-state index contributed by atoms with van der Waals surface area (Å²) in [5.41, 5.74) is 3.32. The van der Waals surface area contributed by atoms with E-state index >= 15 is 0 Å². The van der Waals surface area contributed by atoms with Crippen LogP contribution in [0.25, 0.3) is 5.69 Å². The highest BCUT2D eigenvalue weighted by atomic mass is 32.2. The lowest BCUT2D eigenvalue weighted by atomic mass is 9.95. The van der Waals surface area contributed by atoms with Gasteiger partial charge < -0.3 is 19.8 Å². The van der Waals surface area contributed by atoms with Crippen molar-refractivity contribution in [1.82, 2.24) is 20.1 Å². The normalized spacial score (nSPS) is 13.3. The van der Waals surface area contributed by atoms with E-state index in [0.717, 1.165) is 47.4 Å². The molecule has 1 aliphatic rings. The van der Waals surface area contributed by atoms with Crippen LogP contribution in [0.4, 0.5) is 5.00 Å². The van der Waals surface area contributed by atoms with Gasteiger partial charge in [-0.2, -0.15) is 0 Å². The fourth-order valence-electron chi connectivity index (χ4n) is 4.67. The first-order chi connectivity index (χ1) is 19.9. The van der Waals surface area contributed by atoms with Crippen molar-refractivity contribution in [3.63, 3.8) is 0 Å². The minimum atomic E-state index is -0.567. The molecule has 0 spiro atoms. The number of hydrogen-bond acceptors (Lipinski definition) is 9. The number of amides is 2. The Morgan fingerprint density at radius 1 is 1.17 bits per heavy atom. The second kappa shape index (κ2) is 12.7. The number of anilines is 1. The number of carbonyl (C=O) groups is 3.